The molecule has 0 spiro atoms. The van der Waals surface area contributed by atoms with Crippen LogP contribution in [0.2, 0.25) is 0 Å². The molecule has 0 aliphatic heterocycles. The molecule has 96 valence electrons. The molecule has 3 rings (SSSR count). The van der Waals surface area contributed by atoms with Gasteiger partial charge in [0.05, 0.1) is 0 Å². The number of ether oxygens (including phenoxy) is 1. The molecule has 0 amide bonds. The first kappa shape index (κ1) is 11.8. The van der Waals surface area contributed by atoms with Gasteiger partial charge in [0, 0.05) is 21.5 Å². The third-order valence-electron chi connectivity index (χ3n) is 2.79. The summed E-state index contributed by atoms with van der Waals surface area (Å²) in [6.45, 7) is 0.300. The van der Waals surface area contributed by atoms with Crippen molar-refractivity contribution in [1.82, 2.24) is 4.98 Å². The number of rotatable bonds is 3. The first-order valence-electron chi connectivity index (χ1n) is 5.80. The highest BCUT2D eigenvalue weighted by molar-refractivity contribution is 7.09. The summed E-state index contributed by atoms with van der Waals surface area (Å²) in [5.41, 5.74) is 7.69. The van der Waals surface area contributed by atoms with Crippen molar-refractivity contribution in [3.05, 3.63) is 52.3 Å². The van der Waals surface area contributed by atoms with Crippen LogP contribution < -0.4 is 5.73 Å². The minimum atomic E-state index is -0.358. The van der Waals surface area contributed by atoms with Crippen LogP contribution in [-0.2, 0) is 11.3 Å². The number of nitrogens with one attached hydrogen (secondary N) is 1. The molecule has 3 N–H and O–H groups in total. The summed E-state index contributed by atoms with van der Waals surface area (Å²) in [5, 5.41) is 2.86. The third kappa shape index (κ3) is 2.46. The highest BCUT2D eigenvalue weighted by Gasteiger charge is 2.11. The number of aromatic amines is 1. The van der Waals surface area contributed by atoms with Crippen molar-refractivity contribution in [3.63, 3.8) is 0 Å². The fourth-order valence-corrected chi connectivity index (χ4v) is 2.49. The molecule has 2 aromatic heterocycles. The van der Waals surface area contributed by atoms with Gasteiger partial charge in [0.15, 0.2) is 0 Å². The van der Waals surface area contributed by atoms with Gasteiger partial charge in [0.2, 0.25) is 0 Å². The Labute approximate surface area is 113 Å². The van der Waals surface area contributed by atoms with Crippen LogP contribution in [0.15, 0.2) is 41.8 Å². The summed E-state index contributed by atoms with van der Waals surface area (Å²) in [5.74, 6) is -0.358. The van der Waals surface area contributed by atoms with E-state index in [-0.39, 0.29) is 5.97 Å². The Balaban J connectivity index is 1.77. The normalized spacial score (nSPS) is 10.7. The van der Waals surface area contributed by atoms with E-state index in [1.165, 1.54) is 0 Å². The second-order valence-corrected chi connectivity index (χ2v) is 5.22. The van der Waals surface area contributed by atoms with Gasteiger partial charge in [0.1, 0.15) is 12.3 Å². The monoisotopic (exact) mass is 272 g/mol. The standard InChI is InChI=1S/C14H12N2O2S/c15-10-3-4-12-9(6-10)7-13(16-12)14(17)18-8-11-2-1-5-19-11/h1-7,16H,8,15H2. The highest BCUT2D eigenvalue weighted by Crippen LogP contribution is 2.19. The van der Waals surface area contributed by atoms with Crippen LogP contribution >= 0.6 is 11.3 Å². The van der Waals surface area contributed by atoms with Crippen LogP contribution in [0.5, 0.6) is 0 Å². The van der Waals surface area contributed by atoms with Crippen LogP contribution in [-0.4, -0.2) is 11.0 Å². The molecule has 0 atom stereocenters. The lowest BCUT2D eigenvalue weighted by atomic mass is 10.2. The SMILES string of the molecule is Nc1ccc2[nH]c(C(=O)OCc3cccs3)cc2c1. The van der Waals surface area contributed by atoms with Crippen molar-refractivity contribution in [1.29, 1.82) is 0 Å². The molecule has 19 heavy (non-hydrogen) atoms. The lowest BCUT2D eigenvalue weighted by Gasteiger charge is -2.00. The van der Waals surface area contributed by atoms with E-state index in [1.54, 1.807) is 23.5 Å². The predicted octanol–water partition coefficient (Wildman–Crippen LogP) is 3.17. The van der Waals surface area contributed by atoms with Crippen molar-refractivity contribution >= 4 is 33.9 Å². The quantitative estimate of drug-likeness (QED) is 0.568. The number of nitrogen functional groups attached to an aromatic ring is 1. The van der Waals surface area contributed by atoms with Gasteiger partial charge in [-0.25, -0.2) is 4.79 Å². The smallest absolute Gasteiger partial charge is 0.355 e. The maximum absolute atomic E-state index is 11.9. The molecule has 0 aliphatic carbocycles. The number of benzene rings is 1. The second kappa shape index (κ2) is 4.78. The highest BCUT2D eigenvalue weighted by atomic mass is 32.1. The van der Waals surface area contributed by atoms with E-state index in [9.17, 15) is 4.79 Å². The molecular weight excluding hydrogens is 260 g/mol. The summed E-state index contributed by atoms with van der Waals surface area (Å²) in [6.07, 6.45) is 0. The van der Waals surface area contributed by atoms with Crippen molar-refractivity contribution in [2.24, 2.45) is 0 Å². The van der Waals surface area contributed by atoms with E-state index < -0.39 is 0 Å². The number of hydrogen-bond acceptors (Lipinski definition) is 4. The fraction of sp³-hybridized carbons (Fsp3) is 0.0714. The maximum Gasteiger partial charge on any atom is 0.355 e. The first-order chi connectivity index (χ1) is 9.22. The summed E-state index contributed by atoms with van der Waals surface area (Å²) in [6, 6.07) is 11.1. The van der Waals surface area contributed by atoms with Gasteiger partial charge in [-0.05, 0) is 35.7 Å². The van der Waals surface area contributed by atoms with Crippen LogP contribution in [0.25, 0.3) is 10.9 Å². The largest absolute Gasteiger partial charge is 0.455 e. The van der Waals surface area contributed by atoms with E-state index in [2.05, 4.69) is 4.98 Å². The number of aromatic nitrogens is 1. The lowest BCUT2D eigenvalue weighted by Crippen LogP contribution is -2.04. The molecule has 0 aliphatic rings. The molecule has 1 aromatic carbocycles. The number of anilines is 1. The molecule has 0 radical (unpaired) electrons. The number of hydrogen-bond donors (Lipinski definition) is 2. The van der Waals surface area contributed by atoms with Gasteiger partial charge < -0.3 is 15.5 Å². The van der Waals surface area contributed by atoms with E-state index >= 15 is 0 Å². The Morgan fingerprint density at radius 3 is 3.00 bits per heavy atom. The Bertz CT molecular complexity index is 716. The molecule has 3 aromatic rings. The van der Waals surface area contributed by atoms with Crippen LogP contribution in [0, 0.1) is 0 Å². The zero-order valence-corrected chi connectivity index (χ0v) is 10.9. The molecule has 4 nitrogen and oxygen atoms in total. The molecular formula is C14H12N2O2S. The second-order valence-electron chi connectivity index (χ2n) is 4.19. The number of nitrogens with two attached hydrogens (primary N) is 1. The Kier molecular flexibility index (Phi) is 2.97. The molecule has 0 unspecified atom stereocenters. The van der Waals surface area contributed by atoms with Gasteiger partial charge in [-0.3, -0.25) is 0 Å². The van der Waals surface area contributed by atoms with Gasteiger partial charge in [0.25, 0.3) is 0 Å². The lowest BCUT2D eigenvalue weighted by molar-refractivity contribution is 0.0471. The summed E-state index contributed by atoms with van der Waals surface area (Å²) in [4.78, 5) is 16.0. The van der Waals surface area contributed by atoms with Gasteiger partial charge in [-0.1, -0.05) is 6.07 Å². The van der Waals surface area contributed by atoms with Crippen LogP contribution in [0.4, 0.5) is 5.69 Å². The molecule has 0 fully saturated rings. The van der Waals surface area contributed by atoms with Gasteiger partial charge in [-0.2, -0.15) is 0 Å². The maximum atomic E-state index is 11.9. The van der Waals surface area contributed by atoms with Crippen LogP contribution in [0.3, 0.4) is 0 Å². The third-order valence-corrected chi connectivity index (χ3v) is 3.64. The number of carbonyl (C=O) groups is 1. The summed E-state index contributed by atoms with van der Waals surface area (Å²) in [7, 11) is 0. The van der Waals surface area contributed by atoms with E-state index in [0.29, 0.717) is 18.0 Å². The molecule has 2 heterocycles. The zero-order valence-electron chi connectivity index (χ0n) is 10.1. The topological polar surface area (TPSA) is 68.1 Å². The number of thiophene rings is 1. The van der Waals surface area contributed by atoms with Gasteiger partial charge >= 0.3 is 5.97 Å². The number of esters is 1. The number of carbonyl (C=O) groups excluding carboxylic acids is 1. The summed E-state index contributed by atoms with van der Waals surface area (Å²) >= 11 is 1.56. The van der Waals surface area contributed by atoms with Crippen molar-refractivity contribution in [2.45, 2.75) is 6.61 Å². The Morgan fingerprint density at radius 1 is 1.32 bits per heavy atom. The average Bonchev–Trinajstić information content (AvgIpc) is 3.04. The Hall–Kier alpha value is -2.27. The van der Waals surface area contributed by atoms with Crippen molar-refractivity contribution in [2.75, 3.05) is 5.73 Å². The molecule has 0 saturated heterocycles. The van der Waals surface area contributed by atoms with Gasteiger partial charge in [-0.15, -0.1) is 11.3 Å². The zero-order chi connectivity index (χ0) is 13.2. The Morgan fingerprint density at radius 2 is 2.21 bits per heavy atom. The first-order valence-corrected chi connectivity index (χ1v) is 6.68. The van der Waals surface area contributed by atoms with E-state index in [0.717, 1.165) is 15.8 Å². The predicted molar refractivity (Wildman–Crippen MR) is 76.1 cm³/mol. The summed E-state index contributed by atoms with van der Waals surface area (Å²) < 4.78 is 5.24. The van der Waals surface area contributed by atoms with Crippen molar-refractivity contribution < 1.29 is 9.53 Å². The molecule has 0 bridgehead atoms. The van der Waals surface area contributed by atoms with E-state index in [1.807, 2.05) is 29.6 Å². The number of H-pyrrole nitrogens is 1. The average molecular weight is 272 g/mol. The van der Waals surface area contributed by atoms with Crippen LogP contribution in [0.1, 0.15) is 15.4 Å². The molecule has 5 heteroatoms. The van der Waals surface area contributed by atoms with E-state index in [4.69, 9.17) is 10.5 Å². The fourth-order valence-electron chi connectivity index (χ4n) is 1.87. The minimum absolute atomic E-state index is 0.300. The number of fused-ring (bicyclic) bond motifs is 1. The van der Waals surface area contributed by atoms with Crippen molar-refractivity contribution in [3.8, 4) is 0 Å². The molecule has 0 saturated carbocycles. The minimum Gasteiger partial charge on any atom is -0.455 e.